The van der Waals surface area contributed by atoms with Crippen LogP contribution in [-0.4, -0.2) is 85.8 Å². The van der Waals surface area contributed by atoms with Gasteiger partial charge in [-0.15, -0.1) is 0 Å². The van der Waals surface area contributed by atoms with Crippen molar-refractivity contribution in [2.75, 3.05) is 37.4 Å². The molecule has 0 aliphatic rings. The molecule has 0 bridgehead atoms. The average Bonchev–Trinajstić information content (AvgIpc) is 0.765. The third-order valence-corrected chi connectivity index (χ3v) is 36.8. The second kappa shape index (κ2) is 43.1. The molecule has 0 aliphatic carbocycles. The molecule has 12 nitrogen and oxygen atoms in total. The molecule has 0 N–H and O–H groups in total. The highest BCUT2D eigenvalue weighted by Gasteiger charge is 2.30. The zero-order chi connectivity index (χ0) is 78.1. The summed E-state index contributed by atoms with van der Waals surface area (Å²) in [5, 5.41) is 57.1. The minimum absolute atomic E-state index is 0.635. The van der Waals surface area contributed by atoms with Gasteiger partial charge in [-0.25, -0.2) is 0 Å². The topological polar surface area (TPSA) is 198 Å². The Balaban J connectivity index is 1.30. The van der Waals surface area contributed by atoms with Crippen LogP contribution in [-0.2, 0) is 38.5 Å². The molecule has 0 radical (unpaired) electrons. The molecule has 7 rings (SSSR count). The fourth-order valence-corrected chi connectivity index (χ4v) is 25.6. The second-order valence-corrected chi connectivity index (χ2v) is 65.4. The maximum Gasteiger partial charge on any atom is 0.118 e. The standard InChI is InChI=1S/C90H120N6O6Si6/c1-103(2,67-97-79-43-31-73(61-91)32-44-79)55-19-13-25-85-86(26-14-20-56-104(3,4)68-98-80-45-33-74(62-92)34-46-80)88(28-16-22-58-106(7,8)70-100-82-49-37-76(64-94)38-50-82)90(30-18-24-60-108(11,12)72-102-84-53-41-78(66-96)42-54-84)89(29-17-23-59-107(9,10)71-101-83-51-39-77(65-95)40-52-83)87(85)27-15-21-57-105(5,6)69-99-81-47-35-75(63-93)36-48-81/h31-54H,13-30,55-60,67-72H2,1-12H3. The van der Waals surface area contributed by atoms with Gasteiger partial charge in [-0.3, -0.25) is 0 Å². The Kier molecular flexibility index (Phi) is 34.6. The van der Waals surface area contributed by atoms with Crippen LogP contribution in [0.2, 0.25) is 115 Å². The van der Waals surface area contributed by atoms with E-state index in [0.717, 1.165) is 224 Å². The molecule has 0 heterocycles. The SMILES string of the molecule is C[Si](C)(CCCCc1c(CCCC[Si](C)(C)COc2ccc(C#N)cc2)c(CCCC[Si](C)(C)COc2ccc(C#N)cc2)c(CCCC[Si](C)(C)COc2ccc(C#N)cc2)c(CCCC[Si](C)(C)COc2ccc(C#N)cc2)c1CCCC[Si](C)(C)COc1ccc(C#N)cc1)COc1ccc(C#N)cc1. The van der Waals surface area contributed by atoms with Gasteiger partial charge in [-0.2, -0.15) is 31.6 Å². The summed E-state index contributed by atoms with van der Waals surface area (Å²) in [6, 6.07) is 65.7. The summed E-state index contributed by atoms with van der Waals surface area (Å²) in [6.45, 7) is 29.6. The molecule has 18 heteroatoms. The molecule has 0 fully saturated rings. The number of unbranched alkanes of at least 4 members (excludes halogenated alkanes) is 6. The highest BCUT2D eigenvalue weighted by molar-refractivity contribution is 6.79. The molecule has 0 saturated heterocycles. The van der Waals surface area contributed by atoms with Crippen molar-refractivity contribution in [2.24, 2.45) is 0 Å². The Morgan fingerprint density at radius 2 is 0.315 bits per heavy atom. The van der Waals surface area contributed by atoms with Gasteiger partial charge in [0.1, 0.15) is 34.5 Å². The van der Waals surface area contributed by atoms with Crippen LogP contribution in [0, 0.1) is 68.0 Å². The summed E-state index contributed by atoms with van der Waals surface area (Å²) in [6.07, 6.45) is 24.0. The van der Waals surface area contributed by atoms with Crippen molar-refractivity contribution in [3.05, 3.63) is 212 Å². The first kappa shape index (κ1) is 86.8. The smallest absolute Gasteiger partial charge is 0.118 e. The van der Waals surface area contributed by atoms with Crippen LogP contribution in [0.1, 0.15) is 144 Å². The number of benzene rings is 7. The van der Waals surface area contributed by atoms with Crippen molar-refractivity contribution in [2.45, 2.75) is 230 Å². The molecule has 0 aliphatic heterocycles. The van der Waals surface area contributed by atoms with Crippen molar-refractivity contribution in [3.8, 4) is 70.9 Å². The molecule has 0 atom stereocenters. The molecule has 7 aromatic rings. The third-order valence-electron chi connectivity index (χ3n) is 21.0. The Hall–Kier alpha value is -8.42. The number of rotatable bonds is 48. The van der Waals surface area contributed by atoms with E-state index in [1.807, 2.05) is 146 Å². The van der Waals surface area contributed by atoms with Gasteiger partial charge in [0, 0.05) is 0 Å². The van der Waals surface area contributed by atoms with E-state index in [1.165, 1.54) is 0 Å². The summed E-state index contributed by atoms with van der Waals surface area (Å²) in [5.74, 6) is 4.93. The van der Waals surface area contributed by atoms with E-state index in [9.17, 15) is 31.6 Å². The lowest BCUT2D eigenvalue weighted by Gasteiger charge is -2.30. The van der Waals surface area contributed by atoms with E-state index >= 15 is 0 Å². The largest absolute Gasteiger partial charge is 0.497 e. The first-order chi connectivity index (χ1) is 51.6. The van der Waals surface area contributed by atoms with E-state index < -0.39 is 48.4 Å². The van der Waals surface area contributed by atoms with Crippen molar-refractivity contribution >= 4 is 48.4 Å². The van der Waals surface area contributed by atoms with Gasteiger partial charge in [-0.1, -0.05) is 153 Å². The van der Waals surface area contributed by atoms with Crippen LogP contribution >= 0.6 is 0 Å². The normalized spacial score (nSPS) is 11.8. The lowest BCUT2D eigenvalue weighted by atomic mass is 9.77. The summed E-state index contributed by atoms with van der Waals surface area (Å²) >= 11 is 0. The molecular formula is C90H120N6O6Si6. The summed E-state index contributed by atoms with van der Waals surface area (Å²) in [4.78, 5) is 0. The van der Waals surface area contributed by atoms with Gasteiger partial charge < -0.3 is 28.4 Å². The molecule has 570 valence electrons. The fraction of sp³-hybridized carbons (Fsp3) is 0.467. The molecule has 0 aromatic heterocycles. The monoisotopic (exact) mass is 1550 g/mol. The first-order valence-corrected chi connectivity index (χ1v) is 60.1. The van der Waals surface area contributed by atoms with Gasteiger partial charge in [0.25, 0.3) is 0 Å². The van der Waals surface area contributed by atoms with Gasteiger partial charge >= 0.3 is 0 Å². The molecule has 7 aromatic carbocycles. The summed E-state index contributed by atoms with van der Waals surface area (Å²) in [5.41, 5.74) is 13.7. The van der Waals surface area contributed by atoms with E-state index in [2.05, 4.69) is 115 Å². The maximum atomic E-state index is 9.52. The third kappa shape index (κ3) is 30.9. The van der Waals surface area contributed by atoms with E-state index in [0.29, 0.717) is 33.4 Å². The number of nitriles is 6. The minimum Gasteiger partial charge on any atom is -0.497 e. The van der Waals surface area contributed by atoms with Crippen molar-refractivity contribution in [3.63, 3.8) is 0 Å². The number of hydrogen-bond acceptors (Lipinski definition) is 12. The van der Waals surface area contributed by atoms with E-state index in [4.69, 9.17) is 28.4 Å². The highest BCUT2D eigenvalue weighted by atomic mass is 28.3. The Labute approximate surface area is 655 Å². The number of ether oxygens (including phenoxy) is 6. The van der Waals surface area contributed by atoms with Crippen LogP contribution in [0.5, 0.6) is 34.5 Å². The van der Waals surface area contributed by atoms with Gasteiger partial charge in [0.05, 0.1) is 156 Å². The Morgan fingerprint density at radius 3 is 0.426 bits per heavy atom. The lowest BCUT2D eigenvalue weighted by Crippen LogP contribution is -2.34. The molecule has 0 unspecified atom stereocenters. The Morgan fingerprint density at radius 1 is 0.194 bits per heavy atom. The summed E-state index contributed by atoms with van der Waals surface area (Å²) in [7, 11) is -11.0. The zero-order valence-corrected chi connectivity index (χ0v) is 73.2. The van der Waals surface area contributed by atoms with Crippen molar-refractivity contribution in [1.82, 2.24) is 0 Å². The molecule has 0 spiro atoms. The predicted molar refractivity (Wildman–Crippen MR) is 458 cm³/mol. The summed E-state index contributed by atoms with van der Waals surface area (Å²) < 4.78 is 39.1. The van der Waals surface area contributed by atoms with Crippen molar-refractivity contribution in [1.29, 1.82) is 31.6 Å². The van der Waals surface area contributed by atoms with Crippen LogP contribution in [0.4, 0.5) is 0 Å². The molecule has 0 amide bonds. The van der Waals surface area contributed by atoms with Crippen LogP contribution in [0.3, 0.4) is 0 Å². The van der Waals surface area contributed by atoms with Gasteiger partial charge in [0.2, 0.25) is 0 Å². The predicted octanol–water partition coefficient (Wildman–Crippen LogP) is 22.8. The van der Waals surface area contributed by atoms with Gasteiger partial charge in [0.15, 0.2) is 0 Å². The minimum atomic E-state index is -1.83. The maximum absolute atomic E-state index is 9.52. The van der Waals surface area contributed by atoms with Gasteiger partial charge in [-0.05, 0) is 256 Å². The van der Waals surface area contributed by atoms with Crippen LogP contribution in [0.15, 0.2) is 146 Å². The number of hydrogen-bond donors (Lipinski definition) is 0. The van der Waals surface area contributed by atoms with Crippen LogP contribution in [0.25, 0.3) is 0 Å². The fourth-order valence-electron chi connectivity index (χ4n) is 14.2. The average molecular weight is 1550 g/mol. The quantitative estimate of drug-likeness (QED) is 0.0259. The van der Waals surface area contributed by atoms with Crippen LogP contribution < -0.4 is 28.4 Å². The Bertz CT molecular complexity index is 3480. The molecule has 108 heavy (non-hydrogen) atoms. The number of nitrogens with zero attached hydrogens (tertiary/aromatic N) is 6. The first-order valence-electron chi connectivity index (χ1n) is 39.6. The molecule has 0 saturated carbocycles. The second-order valence-electron chi connectivity index (χ2n) is 34.6. The lowest BCUT2D eigenvalue weighted by molar-refractivity contribution is 0.376. The van der Waals surface area contributed by atoms with Crippen molar-refractivity contribution < 1.29 is 28.4 Å². The zero-order valence-electron chi connectivity index (χ0n) is 67.2. The molecular weight excluding hydrogens is 1430 g/mol. The van der Waals surface area contributed by atoms with E-state index in [1.54, 1.807) is 33.4 Å². The van der Waals surface area contributed by atoms with E-state index in [-0.39, 0.29) is 0 Å². The highest BCUT2D eigenvalue weighted by Crippen LogP contribution is 2.38.